The van der Waals surface area contributed by atoms with Crippen LogP contribution in [0.3, 0.4) is 0 Å². The number of benzene rings is 2. The van der Waals surface area contributed by atoms with Crippen molar-refractivity contribution in [2.24, 2.45) is 4.99 Å². The summed E-state index contributed by atoms with van der Waals surface area (Å²) >= 11 is 0. The van der Waals surface area contributed by atoms with Crippen molar-refractivity contribution in [1.82, 2.24) is 5.32 Å². The molecule has 0 saturated carbocycles. The van der Waals surface area contributed by atoms with Gasteiger partial charge in [-0.2, -0.15) is 0 Å². The largest absolute Gasteiger partial charge is 0.481 e. The SMILES string of the molecule is CCOC(C[C@H](NC(=O)OCc1ccccc1)C(=O)O)=N[C@@H](C=O)c1ccccc1. The average molecular weight is 412 g/mol. The Kier molecular flexibility index (Phi) is 9.05. The van der Waals surface area contributed by atoms with Crippen molar-refractivity contribution in [2.45, 2.75) is 32.0 Å². The number of amides is 1. The molecule has 0 aliphatic rings. The van der Waals surface area contributed by atoms with Gasteiger partial charge < -0.3 is 24.7 Å². The van der Waals surface area contributed by atoms with Crippen LogP contribution in [0.1, 0.15) is 30.5 Å². The lowest BCUT2D eigenvalue weighted by Crippen LogP contribution is -2.42. The lowest BCUT2D eigenvalue weighted by Gasteiger charge is -2.17. The predicted molar refractivity (Wildman–Crippen MR) is 110 cm³/mol. The lowest BCUT2D eigenvalue weighted by molar-refractivity contribution is -0.139. The number of carboxylic acids is 1. The number of aliphatic imine (C=N–C) groups is 1. The first-order valence-corrected chi connectivity index (χ1v) is 9.43. The van der Waals surface area contributed by atoms with Gasteiger partial charge >= 0.3 is 12.1 Å². The minimum absolute atomic E-state index is 0.00659. The summed E-state index contributed by atoms with van der Waals surface area (Å²) in [6, 6.07) is 15.7. The van der Waals surface area contributed by atoms with Crippen LogP contribution in [-0.4, -0.2) is 42.0 Å². The van der Waals surface area contributed by atoms with Crippen LogP contribution in [0.2, 0.25) is 0 Å². The highest BCUT2D eigenvalue weighted by Crippen LogP contribution is 2.16. The second kappa shape index (κ2) is 12.0. The van der Waals surface area contributed by atoms with Crippen LogP contribution < -0.4 is 5.32 Å². The third-order valence-electron chi connectivity index (χ3n) is 4.05. The van der Waals surface area contributed by atoms with E-state index in [0.29, 0.717) is 11.8 Å². The highest BCUT2D eigenvalue weighted by atomic mass is 16.5. The number of aldehydes is 1. The fourth-order valence-electron chi connectivity index (χ4n) is 2.59. The first-order chi connectivity index (χ1) is 14.5. The molecule has 8 nitrogen and oxygen atoms in total. The van der Waals surface area contributed by atoms with E-state index >= 15 is 0 Å². The van der Waals surface area contributed by atoms with Crippen molar-refractivity contribution in [3.05, 3.63) is 71.8 Å². The monoisotopic (exact) mass is 412 g/mol. The second-order valence-electron chi connectivity index (χ2n) is 6.25. The van der Waals surface area contributed by atoms with E-state index in [9.17, 15) is 19.5 Å². The Bertz CT molecular complexity index is 854. The van der Waals surface area contributed by atoms with Gasteiger partial charge in [-0.25, -0.2) is 14.6 Å². The molecule has 0 unspecified atom stereocenters. The highest BCUT2D eigenvalue weighted by molar-refractivity contribution is 5.88. The van der Waals surface area contributed by atoms with Gasteiger partial charge in [-0.3, -0.25) is 0 Å². The van der Waals surface area contributed by atoms with Crippen molar-refractivity contribution in [3.63, 3.8) is 0 Å². The Hall–Kier alpha value is -3.68. The molecule has 0 saturated heterocycles. The van der Waals surface area contributed by atoms with E-state index < -0.39 is 24.1 Å². The number of aliphatic carboxylic acids is 1. The van der Waals surface area contributed by atoms with E-state index in [4.69, 9.17) is 9.47 Å². The molecule has 8 heteroatoms. The molecule has 0 spiro atoms. The standard InChI is InChI=1S/C22H24N2O6/c1-2-29-20(23-19(14-25)17-11-7-4-8-12-17)13-18(21(26)27)24-22(28)30-15-16-9-5-3-6-10-16/h3-12,14,18-19H,2,13,15H2,1H3,(H,24,28)(H,26,27)/t18-,19-/m0/s1. The molecule has 0 fully saturated rings. The van der Waals surface area contributed by atoms with Gasteiger partial charge in [-0.15, -0.1) is 0 Å². The zero-order valence-corrected chi connectivity index (χ0v) is 16.6. The molecule has 0 bridgehead atoms. The summed E-state index contributed by atoms with van der Waals surface area (Å²) in [5, 5.41) is 11.8. The number of ether oxygens (including phenoxy) is 2. The number of hydrogen-bond donors (Lipinski definition) is 2. The van der Waals surface area contributed by atoms with Crippen molar-refractivity contribution >= 4 is 24.2 Å². The third kappa shape index (κ3) is 7.38. The van der Waals surface area contributed by atoms with E-state index in [2.05, 4.69) is 10.3 Å². The van der Waals surface area contributed by atoms with Gasteiger partial charge in [0.25, 0.3) is 0 Å². The molecule has 2 atom stereocenters. The maximum Gasteiger partial charge on any atom is 0.408 e. The van der Waals surface area contributed by atoms with Gasteiger partial charge in [0.2, 0.25) is 0 Å². The van der Waals surface area contributed by atoms with E-state index in [1.54, 1.807) is 55.5 Å². The Balaban J connectivity index is 2.06. The summed E-state index contributed by atoms with van der Waals surface area (Å²) in [4.78, 5) is 39.4. The van der Waals surface area contributed by atoms with Gasteiger partial charge in [-0.05, 0) is 18.1 Å². The minimum atomic E-state index is -1.33. The third-order valence-corrected chi connectivity index (χ3v) is 4.05. The Labute approximate surface area is 174 Å². The topological polar surface area (TPSA) is 114 Å². The summed E-state index contributed by atoms with van der Waals surface area (Å²) in [7, 11) is 0. The number of nitrogens with zero attached hydrogens (tertiary/aromatic N) is 1. The predicted octanol–water partition coefficient (Wildman–Crippen LogP) is 3.13. The maximum atomic E-state index is 12.0. The molecular formula is C22H24N2O6. The molecule has 30 heavy (non-hydrogen) atoms. The van der Waals surface area contributed by atoms with Gasteiger partial charge in [-0.1, -0.05) is 60.7 Å². The van der Waals surface area contributed by atoms with Crippen LogP contribution in [0.5, 0.6) is 0 Å². The molecule has 158 valence electrons. The normalized spacial score (nSPS) is 13.0. The number of nitrogens with one attached hydrogen (secondary N) is 1. The molecule has 0 heterocycles. The molecule has 2 rings (SSSR count). The minimum Gasteiger partial charge on any atom is -0.481 e. The number of hydrogen-bond acceptors (Lipinski definition) is 6. The first-order valence-electron chi connectivity index (χ1n) is 9.43. The molecule has 2 aromatic rings. The lowest BCUT2D eigenvalue weighted by atomic mass is 10.1. The molecule has 2 N–H and O–H groups in total. The number of carboxylic acid groups (broad SMARTS) is 1. The molecule has 1 amide bonds. The van der Waals surface area contributed by atoms with Crippen LogP contribution in [0.25, 0.3) is 0 Å². The zero-order chi connectivity index (χ0) is 21.8. The van der Waals surface area contributed by atoms with E-state index in [1.807, 2.05) is 12.1 Å². The number of carbonyl (C=O) groups is 3. The quantitative estimate of drug-likeness (QED) is 0.352. The summed E-state index contributed by atoms with van der Waals surface area (Å²) < 4.78 is 10.5. The molecule has 0 radical (unpaired) electrons. The Morgan fingerprint density at radius 2 is 1.70 bits per heavy atom. The summed E-state index contributed by atoms with van der Waals surface area (Å²) in [5.41, 5.74) is 1.42. The summed E-state index contributed by atoms with van der Waals surface area (Å²) in [5.74, 6) is -1.23. The highest BCUT2D eigenvalue weighted by Gasteiger charge is 2.24. The second-order valence-corrected chi connectivity index (χ2v) is 6.25. The van der Waals surface area contributed by atoms with Crippen LogP contribution in [0.15, 0.2) is 65.7 Å². The fraction of sp³-hybridized carbons (Fsp3) is 0.273. The first kappa shape index (κ1) is 22.6. The molecule has 0 aromatic heterocycles. The maximum absolute atomic E-state index is 12.0. The molecule has 0 aliphatic heterocycles. The van der Waals surface area contributed by atoms with Crippen molar-refractivity contribution < 1.29 is 29.0 Å². The van der Waals surface area contributed by atoms with Crippen LogP contribution >= 0.6 is 0 Å². The average Bonchev–Trinajstić information content (AvgIpc) is 2.76. The molecule has 0 aliphatic carbocycles. The number of carbonyl (C=O) groups excluding carboxylic acids is 2. The fourth-order valence-corrected chi connectivity index (χ4v) is 2.59. The van der Waals surface area contributed by atoms with Crippen molar-refractivity contribution in [2.75, 3.05) is 6.61 Å². The molecular weight excluding hydrogens is 388 g/mol. The van der Waals surface area contributed by atoms with E-state index in [1.165, 1.54) is 0 Å². The number of rotatable bonds is 10. The van der Waals surface area contributed by atoms with Gasteiger partial charge in [0, 0.05) is 0 Å². The smallest absolute Gasteiger partial charge is 0.408 e. The zero-order valence-electron chi connectivity index (χ0n) is 16.6. The van der Waals surface area contributed by atoms with Crippen molar-refractivity contribution in [1.29, 1.82) is 0 Å². The van der Waals surface area contributed by atoms with Crippen LogP contribution in [-0.2, 0) is 25.7 Å². The van der Waals surface area contributed by atoms with E-state index in [0.717, 1.165) is 5.56 Å². The van der Waals surface area contributed by atoms with Crippen molar-refractivity contribution in [3.8, 4) is 0 Å². The van der Waals surface area contributed by atoms with Gasteiger partial charge in [0.05, 0.1) is 13.0 Å². The van der Waals surface area contributed by atoms with Crippen LogP contribution in [0.4, 0.5) is 4.79 Å². The van der Waals surface area contributed by atoms with Crippen LogP contribution in [0, 0.1) is 0 Å². The Morgan fingerprint density at radius 3 is 2.27 bits per heavy atom. The summed E-state index contributed by atoms with van der Waals surface area (Å²) in [6.07, 6.45) is -0.468. The summed E-state index contributed by atoms with van der Waals surface area (Å²) in [6.45, 7) is 1.95. The molecule has 2 aromatic carbocycles. The van der Waals surface area contributed by atoms with Gasteiger partial charge in [0.1, 0.15) is 25.0 Å². The Morgan fingerprint density at radius 1 is 1.07 bits per heavy atom. The number of alkyl carbamates (subject to hydrolysis) is 1. The van der Waals surface area contributed by atoms with E-state index in [-0.39, 0.29) is 25.5 Å². The van der Waals surface area contributed by atoms with Gasteiger partial charge in [0.15, 0.2) is 5.90 Å².